The Morgan fingerprint density at radius 2 is 1.86 bits per heavy atom. The molecular weight excluding hydrogens is 290 g/mol. The third-order valence-electron chi connectivity index (χ3n) is 2.63. The van der Waals surface area contributed by atoms with Crippen LogP contribution in [0.4, 0.5) is 4.79 Å². The molecule has 0 aliphatic rings. The summed E-state index contributed by atoms with van der Waals surface area (Å²) in [4.78, 5) is 23.7. The van der Waals surface area contributed by atoms with Crippen molar-refractivity contribution in [1.29, 1.82) is 0 Å². The molecule has 0 spiro atoms. The number of rotatable bonds is 4. The van der Waals surface area contributed by atoms with Crippen LogP contribution in [-0.2, 0) is 14.3 Å². The summed E-state index contributed by atoms with van der Waals surface area (Å²) in [7, 11) is 2.61. The summed E-state index contributed by atoms with van der Waals surface area (Å²) in [5, 5.41) is 12.2. The van der Waals surface area contributed by atoms with E-state index in [1.54, 1.807) is 20.8 Å². The van der Waals surface area contributed by atoms with Crippen molar-refractivity contribution >= 4 is 12.1 Å². The highest BCUT2D eigenvalue weighted by Crippen LogP contribution is 2.29. The van der Waals surface area contributed by atoms with Gasteiger partial charge in [0.05, 0.1) is 14.2 Å². The molecule has 1 aromatic carbocycles. The highest BCUT2D eigenvalue weighted by molar-refractivity contribution is 5.83. The van der Waals surface area contributed by atoms with E-state index >= 15 is 0 Å². The highest BCUT2D eigenvalue weighted by atomic mass is 16.6. The number of nitrogens with one attached hydrogen (secondary N) is 1. The standard InChI is InChI=1S/C15H21NO6/c1-15(2,3)22-14(19)16-12(13(18)21-5)9-6-7-11(20-4)10(17)8-9/h6-8,12,17H,1-5H3,(H,16,19). The number of benzene rings is 1. The molecule has 0 aliphatic heterocycles. The van der Waals surface area contributed by atoms with Crippen LogP contribution < -0.4 is 10.1 Å². The van der Waals surface area contributed by atoms with E-state index in [-0.39, 0.29) is 11.5 Å². The zero-order valence-corrected chi connectivity index (χ0v) is 13.3. The van der Waals surface area contributed by atoms with Gasteiger partial charge in [-0.15, -0.1) is 0 Å². The molecule has 1 unspecified atom stereocenters. The molecule has 0 aromatic heterocycles. The van der Waals surface area contributed by atoms with Gasteiger partial charge in [-0.25, -0.2) is 9.59 Å². The van der Waals surface area contributed by atoms with Crippen molar-refractivity contribution in [3.8, 4) is 11.5 Å². The van der Waals surface area contributed by atoms with Crippen LogP contribution in [0.25, 0.3) is 0 Å². The Hall–Kier alpha value is -2.44. The summed E-state index contributed by atoms with van der Waals surface area (Å²) in [6.07, 6.45) is -0.766. The van der Waals surface area contributed by atoms with E-state index in [1.165, 1.54) is 32.4 Å². The second-order valence-electron chi connectivity index (χ2n) is 5.53. The lowest BCUT2D eigenvalue weighted by molar-refractivity contribution is -0.143. The largest absolute Gasteiger partial charge is 0.504 e. The summed E-state index contributed by atoms with van der Waals surface area (Å²) in [5.41, 5.74) is -0.358. The van der Waals surface area contributed by atoms with Gasteiger partial charge in [-0.1, -0.05) is 6.07 Å². The third-order valence-corrected chi connectivity index (χ3v) is 2.63. The molecule has 22 heavy (non-hydrogen) atoms. The third kappa shape index (κ3) is 4.83. The zero-order chi connectivity index (χ0) is 16.9. The molecule has 7 nitrogen and oxygen atoms in total. The van der Waals surface area contributed by atoms with Gasteiger partial charge in [0, 0.05) is 0 Å². The van der Waals surface area contributed by atoms with Gasteiger partial charge in [0.25, 0.3) is 0 Å². The van der Waals surface area contributed by atoms with Gasteiger partial charge in [-0.05, 0) is 38.5 Å². The summed E-state index contributed by atoms with van der Waals surface area (Å²) in [6, 6.07) is 3.24. The van der Waals surface area contributed by atoms with Crippen molar-refractivity contribution in [2.24, 2.45) is 0 Å². The number of phenolic OH excluding ortho intramolecular Hbond substituents is 1. The van der Waals surface area contributed by atoms with Gasteiger partial charge in [-0.2, -0.15) is 0 Å². The van der Waals surface area contributed by atoms with Gasteiger partial charge in [-0.3, -0.25) is 0 Å². The first-order valence-corrected chi connectivity index (χ1v) is 6.62. The second kappa shape index (κ2) is 7.02. The van der Waals surface area contributed by atoms with Crippen molar-refractivity contribution in [3.05, 3.63) is 23.8 Å². The fourth-order valence-electron chi connectivity index (χ4n) is 1.71. The number of carbonyl (C=O) groups excluding carboxylic acids is 2. The van der Waals surface area contributed by atoms with Gasteiger partial charge < -0.3 is 24.6 Å². The van der Waals surface area contributed by atoms with Crippen LogP contribution in [0.5, 0.6) is 11.5 Å². The minimum atomic E-state index is -1.10. The van der Waals surface area contributed by atoms with Crippen LogP contribution in [-0.4, -0.2) is 37.0 Å². The van der Waals surface area contributed by atoms with Crippen LogP contribution in [0.15, 0.2) is 18.2 Å². The first kappa shape index (κ1) is 17.6. The maximum atomic E-state index is 11.9. The van der Waals surface area contributed by atoms with Crippen LogP contribution in [0.1, 0.15) is 32.4 Å². The van der Waals surface area contributed by atoms with Crippen molar-refractivity contribution in [1.82, 2.24) is 5.32 Å². The van der Waals surface area contributed by atoms with Crippen molar-refractivity contribution in [3.63, 3.8) is 0 Å². The molecule has 1 aromatic rings. The summed E-state index contributed by atoms with van der Waals surface area (Å²) < 4.78 is 14.7. The molecule has 0 fully saturated rings. The van der Waals surface area contributed by atoms with E-state index in [0.717, 1.165) is 0 Å². The molecule has 0 heterocycles. The van der Waals surface area contributed by atoms with Gasteiger partial charge in [0.15, 0.2) is 17.5 Å². The van der Waals surface area contributed by atoms with E-state index in [0.29, 0.717) is 5.56 Å². The molecule has 122 valence electrons. The maximum absolute atomic E-state index is 11.9. The summed E-state index contributed by atoms with van der Waals surface area (Å²) >= 11 is 0. The fraction of sp³-hybridized carbons (Fsp3) is 0.467. The van der Waals surface area contributed by atoms with Crippen molar-refractivity contribution in [2.45, 2.75) is 32.4 Å². The Morgan fingerprint density at radius 3 is 2.32 bits per heavy atom. The number of esters is 1. The predicted octanol–water partition coefficient (Wildman–Crippen LogP) is 2.14. The Morgan fingerprint density at radius 1 is 1.23 bits per heavy atom. The normalized spacial score (nSPS) is 12.2. The lowest BCUT2D eigenvalue weighted by Crippen LogP contribution is -2.38. The topological polar surface area (TPSA) is 94.1 Å². The minimum absolute atomic E-state index is 0.153. The van der Waals surface area contributed by atoms with E-state index in [1.807, 2.05) is 0 Å². The SMILES string of the molecule is COC(=O)C(NC(=O)OC(C)(C)C)c1ccc(OC)c(O)c1. The molecule has 1 rings (SSSR count). The molecule has 0 radical (unpaired) electrons. The number of hydrogen-bond donors (Lipinski definition) is 2. The lowest BCUT2D eigenvalue weighted by atomic mass is 10.1. The van der Waals surface area contributed by atoms with E-state index in [9.17, 15) is 14.7 Å². The van der Waals surface area contributed by atoms with Crippen LogP contribution in [0, 0.1) is 0 Å². The van der Waals surface area contributed by atoms with Crippen molar-refractivity contribution in [2.75, 3.05) is 14.2 Å². The van der Waals surface area contributed by atoms with E-state index in [2.05, 4.69) is 10.1 Å². The first-order valence-electron chi connectivity index (χ1n) is 6.62. The number of amides is 1. The van der Waals surface area contributed by atoms with E-state index < -0.39 is 23.7 Å². The zero-order valence-electron chi connectivity index (χ0n) is 13.3. The Labute approximate surface area is 129 Å². The average Bonchev–Trinajstić information content (AvgIpc) is 2.42. The summed E-state index contributed by atoms with van der Waals surface area (Å²) in [5.74, 6) is -0.583. The van der Waals surface area contributed by atoms with Gasteiger partial charge >= 0.3 is 12.1 Å². The number of alkyl carbamates (subject to hydrolysis) is 1. The van der Waals surface area contributed by atoms with Gasteiger partial charge in [0.1, 0.15) is 5.60 Å². The first-order chi connectivity index (χ1) is 10.2. The number of aromatic hydroxyl groups is 1. The van der Waals surface area contributed by atoms with Crippen LogP contribution in [0.3, 0.4) is 0 Å². The molecule has 2 N–H and O–H groups in total. The molecule has 0 bridgehead atoms. The summed E-state index contributed by atoms with van der Waals surface area (Å²) in [6.45, 7) is 5.12. The lowest BCUT2D eigenvalue weighted by Gasteiger charge is -2.23. The number of ether oxygens (including phenoxy) is 3. The van der Waals surface area contributed by atoms with Gasteiger partial charge in [0.2, 0.25) is 0 Å². The predicted molar refractivity (Wildman–Crippen MR) is 78.8 cm³/mol. The van der Waals surface area contributed by atoms with E-state index in [4.69, 9.17) is 9.47 Å². The maximum Gasteiger partial charge on any atom is 0.408 e. The number of carbonyl (C=O) groups is 2. The second-order valence-corrected chi connectivity index (χ2v) is 5.53. The minimum Gasteiger partial charge on any atom is -0.504 e. The number of hydrogen-bond acceptors (Lipinski definition) is 6. The number of phenols is 1. The average molecular weight is 311 g/mol. The van der Waals surface area contributed by atoms with Crippen LogP contribution in [0.2, 0.25) is 0 Å². The molecule has 1 atom stereocenters. The molecular formula is C15H21NO6. The molecule has 7 heteroatoms. The van der Waals surface area contributed by atoms with Crippen LogP contribution >= 0.6 is 0 Å². The highest BCUT2D eigenvalue weighted by Gasteiger charge is 2.27. The smallest absolute Gasteiger partial charge is 0.408 e. The number of methoxy groups -OCH3 is 2. The quantitative estimate of drug-likeness (QED) is 0.827. The fourth-order valence-corrected chi connectivity index (χ4v) is 1.71. The molecule has 1 amide bonds. The molecule has 0 saturated carbocycles. The molecule has 0 aliphatic carbocycles. The van der Waals surface area contributed by atoms with Crippen molar-refractivity contribution < 1.29 is 28.9 Å². The Kier molecular flexibility index (Phi) is 5.62. The Bertz CT molecular complexity index is 549. The Balaban J connectivity index is 3.01. The molecule has 0 saturated heterocycles. The monoisotopic (exact) mass is 311 g/mol.